The largest absolute Gasteiger partial charge is 0.496 e. The molecule has 0 aliphatic rings. The van der Waals surface area contributed by atoms with Gasteiger partial charge >= 0.3 is 0 Å². The summed E-state index contributed by atoms with van der Waals surface area (Å²) in [6.45, 7) is 2.50. The van der Waals surface area contributed by atoms with Crippen LogP contribution in [0.25, 0.3) is 10.4 Å². The number of ether oxygens (including phenoxy) is 1. The normalized spacial score (nSPS) is 10.6. The lowest BCUT2D eigenvalue weighted by atomic mass is 10.1. The molecule has 1 heterocycles. The van der Waals surface area contributed by atoms with Crippen LogP contribution in [-0.2, 0) is 6.54 Å². The number of rotatable bonds is 3. The monoisotopic (exact) mass is 312 g/mol. The Balaban J connectivity index is 2.45. The molecule has 1 aromatic heterocycles. The van der Waals surface area contributed by atoms with E-state index in [1.807, 2.05) is 19.1 Å². The maximum Gasteiger partial charge on any atom is 0.125 e. The van der Waals surface area contributed by atoms with Crippen LogP contribution in [0.1, 0.15) is 10.6 Å². The molecule has 5 heteroatoms. The number of aryl methyl sites for hydroxylation is 1. The van der Waals surface area contributed by atoms with Gasteiger partial charge in [0.2, 0.25) is 0 Å². The minimum Gasteiger partial charge on any atom is -0.496 e. The van der Waals surface area contributed by atoms with Gasteiger partial charge in [-0.1, -0.05) is 0 Å². The number of methoxy groups -OCH3 is 1. The number of benzene rings is 1. The number of thiazole rings is 1. The first-order chi connectivity index (χ1) is 8.15. The van der Waals surface area contributed by atoms with Gasteiger partial charge in [-0.3, -0.25) is 0 Å². The van der Waals surface area contributed by atoms with Crippen molar-refractivity contribution in [3.05, 3.63) is 33.4 Å². The third kappa shape index (κ3) is 2.51. The number of hydrogen-bond donors (Lipinski definition) is 1. The molecule has 0 fully saturated rings. The summed E-state index contributed by atoms with van der Waals surface area (Å²) in [6, 6.07) is 6.10. The fourth-order valence-corrected chi connectivity index (χ4v) is 3.26. The first kappa shape index (κ1) is 12.5. The predicted octanol–water partition coefficient (Wildman–Crippen LogP) is 3.35. The highest BCUT2D eigenvalue weighted by molar-refractivity contribution is 9.10. The van der Waals surface area contributed by atoms with Crippen molar-refractivity contribution in [2.45, 2.75) is 13.5 Å². The molecule has 0 unspecified atom stereocenters. The van der Waals surface area contributed by atoms with Crippen LogP contribution in [0.4, 0.5) is 0 Å². The van der Waals surface area contributed by atoms with Crippen LogP contribution in [0, 0.1) is 6.92 Å². The third-order valence-electron chi connectivity index (χ3n) is 2.46. The van der Waals surface area contributed by atoms with Crippen molar-refractivity contribution < 1.29 is 4.74 Å². The highest BCUT2D eigenvalue weighted by Crippen LogP contribution is 2.35. The molecular weight excluding hydrogens is 300 g/mol. The molecule has 0 amide bonds. The predicted molar refractivity (Wildman–Crippen MR) is 74.4 cm³/mol. The molecule has 90 valence electrons. The zero-order valence-electron chi connectivity index (χ0n) is 9.66. The molecule has 17 heavy (non-hydrogen) atoms. The van der Waals surface area contributed by atoms with Gasteiger partial charge in [-0.25, -0.2) is 4.98 Å². The van der Waals surface area contributed by atoms with Gasteiger partial charge in [-0.2, -0.15) is 0 Å². The SMILES string of the molecule is COc1ccc(-c2sc(CN)nc2Br)cc1C. The number of hydrogen-bond acceptors (Lipinski definition) is 4. The molecule has 0 spiro atoms. The van der Waals surface area contributed by atoms with E-state index in [9.17, 15) is 0 Å². The summed E-state index contributed by atoms with van der Waals surface area (Å²) < 4.78 is 6.10. The Morgan fingerprint density at radius 3 is 2.76 bits per heavy atom. The molecule has 0 bridgehead atoms. The van der Waals surface area contributed by atoms with Gasteiger partial charge in [-0.15, -0.1) is 11.3 Å². The average Bonchev–Trinajstić information content (AvgIpc) is 2.70. The Labute approximate surface area is 113 Å². The topological polar surface area (TPSA) is 48.1 Å². The maximum absolute atomic E-state index is 5.59. The highest BCUT2D eigenvalue weighted by atomic mass is 79.9. The van der Waals surface area contributed by atoms with Gasteiger partial charge in [0.05, 0.1) is 12.0 Å². The second kappa shape index (κ2) is 5.16. The minimum absolute atomic E-state index is 0.471. The van der Waals surface area contributed by atoms with Crippen LogP contribution in [-0.4, -0.2) is 12.1 Å². The van der Waals surface area contributed by atoms with E-state index in [0.29, 0.717) is 6.54 Å². The molecule has 0 aliphatic carbocycles. The van der Waals surface area contributed by atoms with Crippen molar-refractivity contribution in [1.82, 2.24) is 4.98 Å². The Hall–Kier alpha value is -0.910. The van der Waals surface area contributed by atoms with E-state index in [1.165, 1.54) is 0 Å². The maximum atomic E-state index is 5.59. The summed E-state index contributed by atoms with van der Waals surface area (Å²) in [5.41, 5.74) is 7.84. The van der Waals surface area contributed by atoms with E-state index < -0.39 is 0 Å². The standard InChI is InChI=1S/C12H13BrN2OS/c1-7-5-8(3-4-9(7)16-2)11-12(13)15-10(6-14)17-11/h3-5H,6,14H2,1-2H3. The van der Waals surface area contributed by atoms with E-state index in [1.54, 1.807) is 18.4 Å². The summed E-state index contributed by atoms with van der Waals surface area (Å²) in [6.07, 6.45) is 0. The Morgan fingerprint density at radius 1 is 1.47 bits per heavy atom. The molecule has 2 aromatic rings. The van der Waals surface area contributed by atoms with Crippen LogP contribution in [0.2, 0.25) is 0 Å². The number of halogens is 1. The van der Waals surface area contributed by atoms with Gasteiger partial charge in [0.15, 0.2) is 0 Å². The molecular formula is C12H13BrN2OS. The fraction of sp³-hybridized carbons (Fsp3) is 0.250. The highest BCUT2D eigenvalue weighted by Gasteiger charge is 2.11. The molecule has 0 saturated carbocycles. The van der Waals surface area contributed by atoms with E-state index in [-0.39, 0.29) is 0 Å². The molecule has 0 atom stereocenters. The van der Waals surface area contributed by atoms with Crippen LogP contribution in [0.3, 0.4) is 0 Å². The van der Waals surface area contributed by atoms with Crippen LogP contribution in [0.15, 0.2) is 22.8 Å². The van der Waals surface area contributed by atoms with Crippen LogP contribution < -0.4 is 10.5 Å². The quantitative estimate of drug-likeness (QED) is 0.945. The zero-order valence-corrected chi connectivity index (χ0v) is 12.1. The van der Waals surface area contributed by atoms with Crippen molar-refractivity contribution in [1.29, 1.82) is 0 Å². The molecule has 3 nitrogen and oxygen atoms in total. The Morgan fingerprint density at radius 2 is 2.24 bits per heavy atom. The van der Waals surface area contributed by atoms with E-state index in [0.717, 1.165) is 31.4 Å². The van der Waals surface area contributed by atoms with Crippen molar-refractivity contribution in [3.63, 3.8) is 0 Å². The molecule has 2 N–H and O–H groups in total. The molecule has 0 radical (unpaired) electrons. The van der Waals surface area contributed by atoms with E-state index in [4.69, 9.17) is 10.5 Å². The molecule has 1 aromatic carbocycles. The van der Waals surface area contributed by atoms with Crippen LogP contribution in [0.5, 0.6) is 5.75 Å². The summed E-state index contributed by atoms with van der Waals surface area (Å²) in [7, 11) is 1.68. The second-order valence-corrected chi connectivity index (χ2v) is 5.45. The lowest BCUT2D eigenvalue weighted by molar-refractivity contribution is 0.412. The summed E-state index contributed by atoms with van der Waals surface area (Å²) >= 11 is 5.08. The van der Waals surface area contributed by atoms with Gasteiger partial charge in [0, 0.05) is 6.54 Å². The Kier molecular flexibility index (Phi) is 3.81. The summed E-state index contributed by atoms with van der Waals surface area (Å²) in [4.78, 5) is 5.46. The molecule has 0 saturated heterocycles. The number of nitrogens with zero attached hydrogens (tertiary/aromatic N) is 1. The molecule has 0 aliphatic heterocycles. The van der Waals surface area contributed by atoms with Gasteiger partial charge in [-0.05, 0) is 52.2 Å². The zero-order chi connectivity index (χ0) is 12.4. The first-order valence-electron chi connectivity index (χ1n) is 5.16. The summed E-state index contributed by atoms with van der Waals surface area (Å²) in [5, 5.41) is 0.931. The Bertz CT molecular complexity index is 539. The van der Waals surface area contributed by atoms with Crippen molar-refractivity contribution in [2.24, 2.45) is 5.73 Å². The van der Waals surface area contributed by atoms with Crippen molar-refractivity contribution in [2.75, 3.05) is 7.11 Å². The smallest absolute Gasteiger partial charge is 0.125 e. The van der Waals surface area contributed by atoms with Gasteiger partial charge < -0.3 is 10.5 Å². The first-order valence-corrected chi connectivity index (χ1v) is 6.77. The van der Waals surface area contributed by atoms with Gasteiger partial charge in [0.25, 0.3) is 0 Å². The molecule has 2 rings (SSSR count). The number of nitrogens with two attached hydrogens (primary N) is 1. The average molecular weight is 313 g/mol. The third-order valence-corrected chi connectivity index (χ3v) is 4.42. The van der Waals surface area contributed by atoms with Crippen molar-refractivity contribution >= 4 is 27.3 Å². The number of aromatic nitrogens is 1. The van der Waals surface area contributed by atoms with Crippen molar-refractivity contribution in [3.8, 4) is 16.2 Å². The van der Waals surface area contributed by atoms with E-state index in [2.05, 4.69) is 27.0 Å². The minimum atomic E-state index is 0.471. The lowest BCUT2D eigenvalue weighted by Gasteiger charge is -2.06. The lowest BCUT2D eigenvalue weighted by Crippen LogP contribution is -1.93. The van der Waals surface area contributed by atoms with E-state index >= 15 is 0 Å². The summed E-state index contributed by atoms with van der Waals surface area (Å²) in [5.74, 6) is 0.897. The second-order valence-electron chi connectivity index (χ2n) is 3.62. The van der Waals surface area contributed by atoms with Crippen LogP contribution >= 0.6 is 27.3 Å². The fourth-order valence-electron chi connectivity index (χ4n) is 1.63. The van der Waals surface area contributed by atoms with Gasteiger partial charge in [0.1, 0.15) is 15.4 Å².